The predicted molar refractivity (Wildman–Crippen MR) is 103 cm³/mol. The van der Waals surface area contributed by atoms with Crippen LogP contribution < -0.4 is 5.32 Å². The van der Waals surface area contributed by atoms with Crippen LogP contribution in [0.25, 0.3) is 10.9 Å². The molecule has 0 atom stereocenters. The minimum Gasteiger partial charge on any atom is -0.351 e. The molecule has 1 amide bonds. The fraction of sp³-hybridized carbons (Fsp3) is 0.524. The second kappa shape index (κ2) is 7.96. The smallest absolute Gasteiger partial charge is 0.252 e. The van der Waals surface area contributed by atoms with Gasteiger partial charge in [0.05, 0.1) is 11.1 Å². The third-order valence-electron chi connectivity index (χ3n) is 5.27. The molecule has 0 spiro atoms. The van der Waals surface area contributed by atoms with Crippen molar-refractivity contribution in [2.45, 2.75) is 46.5 Å². The number of amides is 1. The molecular formula is C21H29N3O. The maximum atomic E-state index is 12.9. The molecule has 4 nitrogen and oxygen atoms in total. The molecular weight excluding hydrogens is 310 g/mol. The zero-order chi connectivity index (χ0) is 17.8. The van der Waals surface area contributed by atoms with Crippen LogP contribution in [0.2, 0.25) is 0 Å². The molecule has 1 aliphatic rings. The predicted octanol–water partition coefficient (Wildman–Crippen LogP) is 3.77. The highest BCUT2D eigenvalue weighted by atomic mass is 16.1. The lowest BCUT2D eigenvalue weighted by molar-refractivity contribution is 0.0949. The summed E-state index contributed by atoms with van der Waals surface area (Å²) in [6, 6.07) is 6.12. The SMILES string of the molecule is Cc1ccc2nc(C)c(C)c(C(=O)NCCN3CCCCCC3)c2c1. The Morgan fingerprint density at radius 3 is 2.56 bits per heavy atom. The van der Waals surface area contributed by atoms with Crippen molar-refractivity contribution in [1.82, 2.24) is 15.2 Å². The lowest BCUT2D eigenvalue weighted by Crippen LogP contribution is -2.35. The van der Waals surface area contributed by atoms with E-state index < -0.39 is 0 Å². The number of hydrogen-bond donors (Lipinski definition) is 1. The first-order valence-electron chi connectivity index (χ1n) is 9.44. The molecule has 2 heterocycles. The zero-order valence-corrected chi connectivity index (χ0v) is 15.7. The quantitative estimate of drug-likeness (QED) is 0.922. The van der Waals surface area contributed by atoms with Crippen molar-refractivity contribution < 1.29 is 4.79 Å². The van der Waals surface area contributed by atoms with Gasteiger partial charge in [-0.1, -0.05) is 24.5 Å². The molecule has 134 valence electrons. The highest BCUT2D eigenvalue weighted by Crippen LogP contribution is 2.24. The van der Waals surface area contributed by atoms with Crippen LogP contribution in [0, 0.1) is 20.8 Å². The van der Waals surface area contributed by atoms with Gasteiger partial charge in [-0.15, -0.1) is 0 Å². The minimum atomic E-state index is 0.0217. The first-order chi connectivity index (χ1) is 12.1. The second-order valence-corrected chi connectivity index (χ2v) is 7.23. The van der Waals surface area contributed by atoms with Gasteiger partial charge in [0.15, 0.2) is 0 Å². The summed E-state index contributed by atoms with van der Waals surface area (Å²) >= 11 is 0. The van der Waals surface area contributed by atoms with Gasteiger partial charge in [0.2, 0.25) is 0 Å². The molecule has 1 aromatic heterocycles. The van der Waals surface area contributed by atoms with Crippen LogP contribution in [-0.4, -0.2) is 42.0 Å². The van der Waals surface area contributed by atoms with E-state index in [9.17, 15) is 4.79 Å². The largest absolute Gasteiger partial charge is 0.351 e. The van der Waals surface area contributed by atoms with E-state index in [4.69, 9.17) is 0 Å². The van der Waals surface area contributed by atoms with Crippen molar-refractivity contribution in [3.05, 3.63) is 40.6 Å². The Morgan fingerprint density at radius 2 is 1.84 bits per heavy atom. The van der Waals surface area contributed by atoms with E-state index in [1.54, 1.807) is 0 Å². The van der Waals surface area contributed by atoms with Crippen molar-refractivity contribution in [3.8, 4) is 0 Å². The Balaban J connectivity index is 1.75. The van der Waals surface area contributed by atoms with Gasteiger partial charge in [-0.25, -0.2) is 0 Å². The monoisotopic (exact) mass is 339 g/mol. The summed E-state index contributed by atoms with van der Waals surface area (Å²) in [7, 11) is 0. The van der Waals surface area contributed by atoms with E-state index in [2.05, 4.69) is 28.2 Å². The van der Waals surface area contributed by atoms with Crippen molar-refractivity contribution in [2.24, 2.45) is 0 Å². The standard InChI is InChI=1S/C21H29N3O/c1-15-8-9-19-18(14-15)20(16(2)17(3)23-19)21(25)22-10-13-24-11-6-4-5-7-12-24/h8-9,14H,4-7,10-13H2,1-3H3,(H,22,25). The molecule has 0 radical (unpaired) electrons. The number of fused-ring (bicyclic) bond motifs is 1. The first-order valence-corrected chi connectivity index (χ1v) is 9.44. The summed E-state index contributed by atoms with van der Waals surface area (Å²) in [4.78, 5) is 20.0. The van der Waals surface area contributed by atoms with Gasteiger partial charge in [0.1, 0.15) is 0 Å². The number of pyridine rings is 1. The summed E-state index contributed by atoms with van der Waals surface area (Å²) in [6.07, 6.45) is 5.23. The minimum absolute atomic E-state index is 0.0217. The summed E-state index contributed by atoms with van der Waals surface area (Å²) < 4.78 is 0. The lowest BCUT2D eigenvalue weighted by atomic mass is 9.99. The fourth-order valence-corrected chi connectivity index (χ4v) is 3.66. The third kappa shape index (κ3) is 4.18. The van der Waals surface area contributed by atoms with Crippen molar-refractivity contribution in [1.29, 1.82) is 0 Å². The van der Waals surface area contributed by atoms with Gasteiger partial charge in [-0.2, -0.15) is 0 Å². The molecule has 1 N–H and O–H groups in total. The summed E-state index contributed by atoms with van der Waals surface area (Å²) in [6.45, 7) is 9.97. The number of carbonyl (C=O) groups excluding carboxylic acids is 1. The van der Waals surface area contributed by atoms with E-state index in [0.29, 0.717) is 6.54 Å². The van der Waals surface area contributed by atoms with Gasteiger partial charge in [-0.3, -0.25) is 9.78 Å². The number of carbonyl (C=O) groups is 1. The van der Waals surface area contributed by atoms with Crippen LogP contribution in [0.5, 0.6) is 0 Å². The van der Waals surface area contributed by atoms with Crippen molar-refractivity contribution in [3.63, 3.8) is 0 Å². The van der Waals surface area contributed by atoms with Crippen LogP contribution in [0.3, 0.4) is 0 Å². The van der Waals surface area contributed by atoms with E-state index in [0.717, 1.165) is 52.9 Å². The van der Waals surface area contributed by atoms with Crippen LogP contribution in [-0.2, 0) is 0 Å². The Labute approximate surface area is 150 Å². The van der Waals surface area contributed by atoms with Crippen LogP contribution in [0.1, 0.15) is 52.9 Å². The van der Waals surface area contributed by atoms with Gasteiger partial charge in [0.25, 0.3) is 5.91 Å². The summed E-state index contributed by atoms with van der Waals surface area (Å²) in [5.41, 5.74) is 4.73. The highest BCUT2D eigenvalue weighted by molar-refractivity contribution is 6.07. The van der Waals surface area contributed by atoms with E-state index in [-0.39, 0.29) is 5.91 Å². The number of aromatic nitrogens is 1. The van der Waals surface area contributed by atoms with Gasteiger partial charge >= 0.3 is 0 Å². The highest BCUT2D eigenvalue weighted by Gasteiger charge is 2.17. The van der Waals surface area contributed by atoms with Crippen LogP contribution >= 0.6 is 0 Å². The van der Waals surface area contributed by atoms with E-state index in [1.807, 2.05) is 26.0 Å². The summed E-state index contributed by atoms with van der Waals surface area (Å²) in [5, 5.41) is 4.09. The van der Waals surface area contributed by atoms with Crippen molar-refractivity contribution in [2.75, 3.05) is 26.2 Å². The molecule has 0 aliphatic carbocycles. The molecule has 1 fully saturated rings. The molecule has 3 rings (SSSR count). The van der Waals surface area contributed by atoms with Gasteiger partial charge in [-0.05, 0) is 64.4 Å². The molecule has 4 heteroatoms. The number of hydrogen-bond acceptors (Lipinski definition) is 3. The zero-order valence-electron chi connectivity index (χ0n) is 15.7. The third-order valence-corrected chi connectivity index (χ3v) is 5.27. The van der Waals surface area contributed by atoms with E-state index >= 15 is 0 Å². The average molecular weight is 339 g/mol. The fourth-order valence-electron chi connectivity index (χ4n) is 3.66. The molecule has 1 saturated heterocycles. The first kappa shape index (κ1) is 17.9. The molecule has 0 saturated carbocycles. The number of rotatable bonds is 4. The van der Waals surface area contributed by atoms with Crippen molar-refractivity contribution >= 4 is 16.8 Å². The number of likely N-dealkylation sites (tertiary alicyclic amines) is 1. The molecule has 1 aliphatic heterocycles. The molecule has 1 aromatic carbocycles. The van der Waals surface area contributed by atoms with Crippen LogP contribution in [0.15, 0.2) is 18.2 Å². The number of nitrogens with zero attached hydrogens (tertiary/aromatic N) is 2. The Bertz CT molecular complexity index is 761. The molecule has 2 aromatic rings. The summed E-state index contributed by atoms with van der Waals surface area (Å²) in [5.74, 6) is 0.0217. The molecule has 0 unspecified atom stereocenters. The maximum Gasteiger partial charge on any atom is 0.252 e. The normalized spacial score (nSPS) is 16.0. The maximum absolute atomic E-state index is 12.9. The van der Waals surface area contributed by atoms with E-state index in [1.165, 1.54) is 25.7 Å². The average Bonchev–Trinajstić information content (AvgIpc) is 2.85. The van der Waals surface area contributed by atoms with Gasteiger partial charge in [0, 0.05) is 24.2 Å². The topological polar surface area (TPSA) is 45.2 Å². The molecule has 25 heavy (non-hydrogen) atoms. The van der Waals surface area contributed by atoms with Gasteiger partial charge < -0.3 is 10.2 Å². The number of benzene rings is 1. The second-order valence-electron chi connectivity index (χ2n) is 7.23. The number of nitrogens with one attached hydrogen (secondary N) is 1. The Hall–Kier alpha value is -1.94. The molecule has 0 bridgehead atoms. The Morgan fingerprint density at radius 1 is 1.12 bits per heavy atom. The van der Waals surface area contributed by atoms with Crippen LogP contribution in [0.4, 0.5) is 0 Å². The Kier molecular flexibility index (Phi) is 5.69. The number of aryl methyl sites for hydroxylation is 2. The lowest BCUT2D eigenvalue weighted by Gasteiger charge is -2.20.